The molecule has 2 heterocycles. The average Bonchev–Trinajstić information content (AvgIpc) is 3.06. The van der Waals surface area contributed by atoms with Gasteiger partial charge in [0.25, 0.3) is 0 Å². The van der Waals surface area contributed by atoms with Crippen molar-refractivity contribution in [1.82, 2.24) is 9.47 Å². The van der Waals surface area contributed by atoms with Crippen LogP contribution in [0.2, 0.25) is 0 Å². The number of carbonyl (C=O) groups excluding carboxylic acids is 2. The molecule has 1 aliphatic heterocycles. The Balaban J connectivity index is 1.95. The highest BCUT2D eigenvalue weighted by atomic mass is 79.9. The molecule has 20 heavy (non-hydrogen) atoms. The van der Waals surface area contributed by atoms with Crippen LogP contribution in [0.4, 0.5) is 0 Å². The van der Waals surface area contributed by atoms with Crippen molar-refractivity contribution in [3.05, 3.63) is 34.4 Å². The van der Waals surface area contributed by atoms with E-state index in [-0.39, 0.29) is 5.91 Å². The fourth-order valence-corrected chi connectivity index (χ4v) is 3.09. The van der Waals surface area contributed by atoms with Crippen LogP contribution in [0.3, 0.4) is 0 Å². The maximum absolute atomic E-state index is 12.2. The third-order valence-electron chi connectivity index (χ3n) is 3.77. The molecule has 0 radical (unpaired) electrons. The minimum atomic E-state index is 0.125. The molecule has 1 fully saturated rings. The summed E-state index contributed by atoms with van der Waals surface area (Å²) in [6, 6.07) is 5.77. The number of aldehydes is 1. The van der Waals surface area contributed by atoms with Gasteiger partial charge >= 0.3 is 0 Å². The summed E-state index contributed by atoms with van der Waals surface area (Å²) in [6.07, 6.45) is 4.78. The van der Waals surface area contributed by atoms with Crippen LogP contribution in [0.15, 0.2) is 28.9 Å². The van der Waals surface area contributed by atoms with E-state index in [1.807, 2.05) is 27.7 Å². The summed E-state index contributed by atoms with van der Waals surface area (Å²) in [4.78, 5) is 25.3. The molecule has 1 aliphatic rings. The molecule has 3 rings (SSSR count). The average molecular weight is 335 g/mol. The molecule has 1 aromatic carbocycles. The maximum atomic E-state index is 12.2. The van der Waals surface area contributed by atoms with Gasteiger partial charge in [-0.25, -0.2) is 0 Å². The van der Waals surface area contributed by atoms with E-state index >= 15 is 0 Å². The smallest absolute Gasteiger partial charge is 0.242 e. The van der Waals surface area contributed by atoms with E-state index in [2.05, 4.69) is 15.9 Å². The van der Waals surface area contributed by atoms with Crippen molar-refractivity contribution in [3.8, 4) is 0 Å². The summed E-state index contributed by atoms with van der Waals surface area (Å²) in [6.45, 7) is 2.00. The molecule has 4 nitrogen and oxygen atoms in total. The minimum Gasteiger partial charge on any atom is -0.341 e. The van der Waals surface area contributed by atoms with Crippen molar-refractivity contribution in [2.75, 3.05) is 13.1 Å². The van der Waals surface area contributed by atoms with Gasteiger partial charge < -0.3 is 9.47 Å². The molecule has 1 saturated heterocycles. The van der Waals surface area contributed by atoms with Gasteiger partial charge in [-0.2, -0.15) is 0 Å². The Morgan fingerprint density at radius 1 is 1.30 bits per heavy atom. The van der Waals surface area contributed by atoms with Gasteiger partial charge in [-0.05, 0) is 31.0 Å². The van der Waals surface area contributed by atoms with Gasteiger partial charge in [0.1, 0.15) is 6.54 Å². The van der Waals surface area contributed by atoms with Gasteiger partial charge in [0.15, 0.2) is 6.29 Å². The lowest BCUT2D eigenvalue weighted by molar-refractivity contribution is -0.130. The number of hydrogen-bond donors (Lipinski definition) is 0. The second kappa shape index (κ2) is 5.40. The number of fused-ring (bicyclic) bond motifs is 1. The number of hydrogen-bond acceptors (Lipinski definition) is 2. The third kappa shape index (κ3) is 2.38. The molecule has 0 spiro atoms. The normalized spacial score (nSPS) is 14.9. The Bertz CT molecular complexity index is 672. The predicted molar refractivity (Wildman–Crippen MR) is 80.8 cm³/mol. The minimum absolute atomic E-state index is 0.125. The van der Waals surface area contributed by atoms with Gasteiger partial charge in [0.2, 0.25) is 5.91 Å². The lowest BCUT2D eigenvalue weighted by atomic mass is 10.2. The highest BCUT2D eigenvalue weighted by Crippen LogP contribution is 2.24. The van der Waals surface area contributed by atoms with E-state index < -0.39 is 0 Å². The number of halogens is 1. The molecule has 2 aromatic rings. The SMILES string of the molecule is O=Cc1cn(CC(=O)N2CCCC2)c2ccc(Br)cc12. The van der Waals surface area contributed by atoms with E-state index in [0.717, 1.165) is 47.6 Å². The van der Waals surface area contributed by atoms with E-state index in [0.29, 0.717) is 12.1 Å². The molecular weight excluding hydrogens is 320 g/mol. The molecule has 104 valence electrons. The summed E-state index contributed by atoms with van der Waals surface area (Å²) < 4.78 is 2.79. The van der Waals surface area contributed by atoms with Crippen LogP contribution < -0.4 is 0 Å². The van der Waals surface area contributed by atoms with E-state index in [1.54, 1.807) is 6.20 Å². The van der Waals surface area contributed by atoms with Crippen LogP contribution in [-0.4, -0.2) is 34.7 Å². The molecule has 0 N–H and O–H groups in total. The van der Waals surface area contributed by atoms with Crippen LogP contribution in [0.25, 0.3) is 10.9 Å². The highest BCUT2D eigenvalue weighted by molar-refractivity contribution is 9.10. The Labute approximate surface area is 125 Å². The zero-order valence-corrected chi connectivity index (χ0v) is 12.6. The Morgan fingerprint density at radius 3 is 2.75 bits per heavy atom. The molecule has 0 unspecified atom stereocenters. The standard InChI is InChI=1S/C15H15BrN2O2/c16-12-3-4-14-13(7-12)11(10-19)8-18(14)9-15(20)17-5-1-2-6-17/h3-4,7-8,10H,1-2,5-6,9H2. The number of carbonyl (C=O) groups is 2. The molecule has 1 aromatic heterocycles. The van der Waals surface area contributed by atoms with Crippen LogP contribution in [-0.2, 0) is 11.3 Å². The first-order valence-corrected chi connectivity index (χ1v) is 7.49. The van der Waals surface area contributed by atoms with Crippen molar-refractivity contribution in [2.45, 2.75) is 19.4 Å². The fraction of sp³-hybridized carbons (Fsp3) is 0.333. The number of aromatic nitrogens is 1. The molecular formula is C15H15BrN2O2. The number of benzene rings is 1. The Hall–Kier alpha value is -1.62. The van der Waals surface area contributed by atoms with Gasteiger partial charge in [0.05, 0.1) is 0 Å². The maximum Gasteiger partial charge on any atom is 0.242 e. The zero-order chi connectivity index (χ0) is 14.1. The topological polar surface area (TPSA) is 42.3 Å². The third-order valence-corrected chi connectivity index (χ3v) is 4.26. The van der Waals surface area contributed by atoms with Gasteiger partial charge in [-0.15, -0.1) is 0 Å². The molecule has 0 saturated carbocycles. The molecule has 0 bridgehead atoms. The number of rotatable bonds is 3. The summed E-state index contributed by atoms with van der Waals surface area (Å²) in [7, 11) is 0. The first kappa shape index (κ1) is 13.4. The Kier molecular flexibility index (Phi) is 3.61. The summed E-state index contributed by atoms with van der Waals surface area (Å²) in [5.41, 5.74) is 1.54. The van der Waals surface area contributed by atoms with E-state index in [1.165, 1.54) is 0 Å². The number of amides is 1. The van der Waals surface area contributed by atoms with Crippen LogP contribution in [0.5, 0.6) is 0 Å². The van der Waals surface area contributed by atoms with Crippen molar-refractivity contribution in [1.29, 1.82) is 0 Å². The molecule has 5 heteroatoms. The monoisotopic (exact) mass is 334 g/mol. The van der Waals surface area contributed by atoms with Crippen molar-refractivity contribution in [3.63, 3.8) is 0 Å². The van der Waals surface area contributed by atoms with Crippen LogP contribution in [0, 0.1) is 0 Å². The first-order chi connectivity index (χ1) is 9.69. The zero-order valence-electron chi connectivity index (χ0n) is 11.0. The van der Waals surface area contributed by atoms with Crippen molar-refractivity contribution >= 4 is 39.0 Å². The van der Waals surface area contributed by atoms with Crippen LogP contribution >= 0.6 is 15.9 Å². The predicted octanol–water partition coefficient (Wildman–Crippen LogP) is 2.84. The second-order valence-electron chi connectivity index (χ2n) is 5.08. The van der Waals surface area contributed by atoms with Crippen molar-refractivity contribution in [2.24, 2.45) is 0 Å². The van der Waals surface area contributed by atoms with E-state index in [4.69, 9.17) is 0 Å². The molecule has 0 atom stereocenters. The number of nitrogens with zero attached hydrogens (tertiary/aromatic N) is 2. The van der Waals surface area contributed by atoms with Gasteiger partial charge in [-0.1, -0.05) is 15.9 Å². The summed E-state index contributed by atoms with van der Waals surface area (Å²) in [5, 5.41) is 0.878. The summed E-state index contributed by atoms with van der Waals surface area (Å²) in [5.74, 6) is 0.125. The molecule has 0 aliphatic carbocycles. The van der Waals surface area contributed by atoms with Crippen LogP contribution in [0.1, 0.15) is 23.2 Å². The van der Waals surface area contributed by atoms with Crippen molar-refractivity contribution < 1.29 is 9.59 Å². The van der Waals surface area contributed by atoms with Gasteiger partial charge in [0, 0.05) is 40.2 Å². The Morgan fingerprint density at radius 2 is 2.05 bits per heavy atom. The first-order valence-electron chi connectivity index (χ1n) is 6.70. The van der Waals surface area contributed by atoms with Gasteiger partial charge in [-0.3, -0.25) is 9.59 Å². The largest absolute Gasteiger partial charge is 0.341 e. The lowest BCUT2D eigenvalue weighted by Gasteiger charge is -2.16. The molecule has 1 amide bonds. The van der Waals surface area contributed by atoms with E-state index in [9.17, 15) is 9.59 Å². The second-order valence-corrected chi connectivity index (χ2v) is 6.00. The fourth-order valence-electron chi connectivity index (χ4n) is 2.73. The number of likely N-dealkylation sites (tertiary alicyclic amines) is 1. The summed E-state index contributed by atoms with van der Waals surface area (Å²) >= 11 is 3.41. The quantitative estimate of drug-likeness (QED) is 0.810. The lowest BCUT2D eigenvalue weighted by Crippen LogP contribution is -2.30. The highest BCUT2D eigenvalue weighted by Gasteiger charge is 2.19.